The molecule has 0 saturated carbocycles. The van der Waals surface area contributed by atoms with Gasteiger partial charge in [-0.3, -0.25) is 10.1 Å². The van der Waals surface area contributed by atoms with Crippen LogP contribution in [0.1, 0.15) is 36.2 Å². The van der Waals surface area contributed by atoms with E-state index in [-0.39, 0.29) is 10.8 Å². The SMILES string of the molecule is Cc1ccc(S(=O)(=O)N2CCOCC2)cc1C(=O)NC(=S)N1C[C@@H](C)C[C@H](C)C1. The number of likely N-dealkylation sites (tertiary alicyclic amines) is 1. The van der Waals surface area contributed by atoms with E-state index in [0.29, 0.717) is 54.4 Å². The summed E-state index contributed by atoms with van der Waals surface area (Å²) in [5, 5.41) is 3.19. The highest BCUT2D eigenvalue weighted by Gasteiger charge is 2.28. The minimum Gasteiger partial charge on any atom is -0.379 e. The largest absolute Gasteiger partial charge is 0.379 e. The van der Waals surface area contributed by atoms with Gasteiger partial charge in [0, 0.05) is 31.7 Å². The fraction of sp³-hybridized carbons (Fsp3) is 0.600. The summed E-state index contributed by atoms with van der Waals surface area (Å²) >= 11 is 5.46. The molecule has 160 valence electrons. The summed E-state index contributed by atoms with van der Waals surface area (Å²) in [5.74, 6) is 0.645. The number of nitrogens with one attached hydrogen (secondary N) is 1. The number of piperidine rings is 1. The molecule has 2 atom stereocenters. The lowest BCUT2D eigenvalue weighted by atomic mass is 9.92. The molecule has 1 aromatic carbocycles. The van der Waals surface area contributed by atoms with Gasteiger partial charge in [0.1, 0.15) is 0 Å². The van der Waals surface area contributed by atoms with Crippen LogP contribution in [0.25, 0.3) is 0 Å². The predicted octanol–water partition coefficient (Wildman–Crippen LogP) is 2.01. The quantitative estimate of drug-likeness (QED) is 0.726. The molecule has 0 radical (unpaired) electrons. The van der Waals surface area contributed by atoms with Crippen molar-refractivity contribution in [2.45, 2.75) is 32.1 Å². The average Bonchev–Trinajstić information content (AvgIpc) is 2.68. The molecule has 7 nitrogen and oxygen atoms in total. The van der Waals surface area contributed by atoms with E-state index in [1.54, 1.807) is 19.1 Å². The summed E-state index contributed by atoms with van der Waals surface area (Å²) in [6, 6.07) is 4.65. The molecule has 9 heteroatoms. The smallest absolute Gasteiger partial charge is 0.257 e. The maximum Gasteiger partial charge on any atom is 0.257 e. The number of hydrogen-bond donors (Lipinski definition) is 1. The highest BCUT2D eigenvalue weighted by Crippen LogP contribution is 2.22. The Morgan fingerprint density at radius 2 is 1.79 bits per heavy atom. The molecule has 0 unspecified atom stereocenters. The van der Waals surface area contributed by atoms with Crippen LogP contribution in [-0.4, -0.2) is 68.0 Å². The zero-order chi connectivity index (χ0) is 21.2. The molecule has 3 rings (SSSR count). The highest BCUT2D eigenvalue weighted by molar-refractivity contribution is 7.89. The van der Waals surface area contributed by atoms with Gasteiger partial charge in [0.15, 0.2) is 5.11 Å². The Hall–Kier alpha value is -1.55. The minimum atomic E-state index is -3.67. The number of aryl methyl sites for hydroxylation is 1. The first-order valence-electron chi connectivity index (χ1n) is 9.97. The zero-order valence-electron chi connectivity index (χ0n) is 17.2. The molecule has 1 aromatic rings. The van der Waals surface area contributed by atoms with Crippen LogP contribution in [0.3, 0.4) is 0 Å². The van der Waals surface area contributed by atoms with Gasteiger partial charge in [-0.25, -0.2) is 8.42 Å². The molecule has 29 heavy (non-hydrogen) atoms. The van der Waals surface area contributed by atoms with Gasteiger partial charge in [0.2, 0.25) is 10.0 Å². The zero-order valence-corrected chi connectivity index (χ0v) is 18.8. The van der Waals surface area contributed by atoms with Crippen LogP contribution in [0.5, 0.6) is 0 Å². The summed E-state index contributed by atoms with van der Waals surface area (Å²) in [6.45, 7) is 9.14. The van der Waals surface area contributed by atoms with E-state index in [1.165, 1.54) is 10.4 Å². The molecule has 0 aliphatic carbocycles. The first-order chi connectivity index (χ1) is 13.7. The van der Waals surface area contributed by atoms with Gasteiger partial charge in [-0.15, -0.1) is 0 Å². The second-order valence-electron chi connectivity index (χ2n) is 8.10. The topological polar surface area (TPSA) is 78.9 Å². The van der Waals surface area contributed by atoms with Crippen molar-refractivity contribution in [3.63, 3.8) is 0 Å². The minimum absolute atomic E-state index is 0.112. The molecule has 0 spiro atoms. The number of carbonyl (C=O) groups is 1. The monoisotopic (exact) mass is 439 g/mol. The fourth-order valence-electron chi connectivity index (χ4n) is 4.01. The van der Waals surface area contributed by atoms with E-state index < -0.39 is 10.0 Å². The van der Waals surface area contributed by atoms with Crippen LogP contribution in [0.15, 0.2) is 23.1 Å². The standard InChI is InChI=1S/C20H29N3O4S2/c1-14-10-15(2)13-22(12-14)20(28)21-19(24)18-11-17(5-4-16(18)3)29(25,26)23-6-8-27-9-7-23/h4-5,11,14-15H,6-10,12-13H2,1-3H3,(H,21,24,28)/t14-,15-/m0/s1. The summed E-state index contributed by atoms with van der Waals surface area (Å²) < 4.78 is 32.5. The Labute approximate surface area is 178 Å². The van der Waals surface area contributed by atoms with Gasteiger partial charge < -0.3 is 9.64 Å². The third-order valence-corrected chi connectivity index (χ3v) is 7.69. The molecule has 1 N–H and O–H groups in total. The van der Waals surface area contributed by atoms with Crippen LogP contribution in [-0.2, 0) is 14.8 Å². The molecular formula is C20H29N3O4S2. The number of morpholine rings is 1. The highest BCUT2D eigenvalue weighted by atomic mass is 32.2. The third-order valence-electron chi connectivity index (χ3n) is 5.44. The van der Waals surface area contributed by atoms with E-state index in [2.05, 4.69) is 19.2 Å². The van der Waals surface area contributed by atoms with Gasteiger partial charge in [-0.2, -0.15) is 4.31 Å². The maximum atomic E-state index is 12.9. The number of amides is 1. The number of carbonyl (C=O) groups excluding carboxylic acids is 1. The summed E-state index contributed by atoms with van der Waals surface area (Å²) in [6.07, 6.45) is 1.15. The van der Waals surface area contributed by atoms with Crippen LogP contribution in [0.2, 0.25) is 0 Å². The number of hydrogen-bond acceptors (Lipinski definition) is 5. The third kappa shape index (κ3) is 5.14. The Balaban J connectivity index is 1.77. The van der Waals surface area contributed by atoms with E-state index >= 15 is 0 Å². The van der Waals surface area contributed by atoms with Gasteiger partial charge >= 0.3 is 0 Å². The molecule has 2 saturated heterocycles. The van der Waals surface area contributed by atoms with Crippen molar-refractivity contribution in [2.24, 2.45) is 11.8 Å². The average molecular weight is 440 g/mol. The van der Waals surface area contributed by atoms with Crippen molar-refractivity contribution in [3.8, 4) is 0 Å². The van der Waals surface area contributed by atoms with Crippen molar-refractivity contribution >= 4 is 33.3 Å². The van der Waals surface area contributed by atoms with Crippen molar-refractivity contribution in [2.75, 3.05) is 39.4 Å². The maximum absolute atomic E-state index is 12.9. The van der Waals surface area contributed by atoms with E-state index in [9.17, 15) is 13.2 Å². The molecule has 1 amide bonds. The lowest BCUT2D eigenvalue weighted by Crippen LogP contribution is -2.49. The first-order valence-corrected chi connectivity index (χ1v) is 11.8. The number of ether oxygens (including phenoxy) is 1. The van der Waals surface area contributed by atoms with E-state index in [4.69, 9.17) is 17.0 Å². The summed E-state index contributed by atoms with van der Waals surface area (Å²) in [7, 11) is -3.67. The second kappa shape index (κ2) is 9.07. The lowest BCUT2D eigenvalue weighted by Gasteiger charge is -2.36. The van der Waals surface area contributed by atoms with Crippen molar-refractivity contribution in [1.82, 2.24) is 14.5 Å². The first kappa shape index (κ1) is 22.1. The van der Waals surface area contributed by atoms with Crippen LogP contribution < -0.4 is 5.32 Å². The number of sulfonamides is 1. The van der Waals surface area contributed by atoms with E-state index in [0.717, 1.165) is 19.5 Å². The van der Waals surface area contributed by atoms with Crippen molar-refractivity contribution in [3.05, 3.63) is 29.3 Å². The molecule has 2 heterocycles. The van der Waals surface area contributed by atoms with Gasteiger partial charge in [0.05, 0.1) is 18.1 Å². The fourth-order valence-corrected chi connectivity index (χ4v) is 5.69. The lowest BCUT2D eigenvalue weighted by molar-refractivity contribution is 0.0730. The molecule has 2 fully saturated rings. The van der Waals surface area contributed by atoms with Gasteiger partial charge in [-0.1, -0.05) is 19.9 Å². The van der Waals surface area contributed by atoms with E-state index in [1.807, 2.05) is 4.90 Å². The Morgan fingerprint density at radius 3 is 2.41 bits per heavy atom. The van der Waals surface area contributed by atoms with Gasteiger partial charge in [-0.05, 0) is 55.1 Å². The number of rotatable bonds is 3. The summed E-state index contributed by atoms with van der Waals surface area (Å²) in [4.78, 5) is 15.0. The van der Waals surface area contributed by atoms with Crippen LogP contribution in [0.4, 0.5) is 0 Å². The normalized spacial score (nSPS) is 23.6. The molecular weight excluding hydrogens is 410 g/mol. The van der Waals surface area contributed by atoms with Crippen LogP contribution >= 0.6 is 12.2 Å². The molecule has 0 aromatic heterocycles. The van der Waals surface area contributed by atoms with Crippen molar-refractivity contribution < 1.29 is 17.9 Å². The number of nitrogens with zero attached hydrogens (tertiary/aromatic N) is 2. The number of benzene rings is 1. The Morgan fingerprint density at radius 1 is 1.17 bits per heavy atom. The molecule has 0 bridgehead atoms. The summed E-state index contributed by atoms with van der Waals surface area (Å²) in [5.41, 5.74) is 1.02. The molecule has 2 aliphatic rings. The Kier molecular flexibility index (Phi) is 6.93. The molecule has 2 aliphatic heterocycles. The van der Waals surface area contributed by atoms with Crippen molar-refractivity contribution in [1.29, 1.82) is 0 Å². The second-order valence-corrected chi connectivity index (χ2v) is 10.4. The Bertz CT molecular complexity index is 872. The predicted molar refractivity (Wildman–Crippen MR) is 115 cm³/mol. The number of thiocarbonyl (C=S) groups is 1. The van der Waals surface area contributed by atoms with Gasteiger partial charge in [0.25, 0.3) is 5.91 Å². The van der Waals surface area contributed by atoms with Crippen LogP contribution in [0, 0.1) is 18.8 Å².